The first-order valence-electron chi connectivity index (χ1n) is 5.82. The van der Waals surface area contributed by atoms with Crippen molar-refractivity contribution >= 4 is 11.3 Å². The Morgan fingerprint density at radius 3 is 2.47 bits per heavy atom. The van der Waals surface area contributed by atoms with E-state index >= 15 is 0 Å². The molecular weight excluding hydrogens is 273 g/mol. The minimum Gasteiger partial charge on any atom is -0.304 e. The van der Waals surface area contributed by atoms with Crippen LogP contribution < -0.4 is 5.32 Å². The van der Waals surface area contributed by atoms with Crippen LogP contribution in [0.4, 0.5) is 13.2 Å². The number of nitrogens with one attached hydrogen (secondary N) is 1. The van der Waals surface area contributed by atoms with Gasteiger partial charge in [0.1, 0.15) is 10.8 Å². The molecule has 0 aliphatic rings. The number of benzene rings is 1. The Morgan fingerprint density at radius 1 is 1.21 bits per heavy atom. The summed E-state index contributed by atoms with van der Waals surface area (Å²) < 4.78 is 40.1. The van der Waals surface area contributed by atoms with Crippen LogP contribution >= 0.6 is 11.3 Å². The molecule has 0 radical (unpaired) electrons. The molecule has 0 saturated carbocycles. The van der Waals surface area contributed by atoms with Gasteiger partial charge in [-0.2, -0.15) is 0 Å². The van der Waals surface area contributed by atoms with Crippen molar-refractivity contribution in [2.75, 3.05) is 6.54 Å². The summed E-state index contributed by atoms with van der Waals surface area (Å²) >= 11 is 1.35. The largest absolute Gasteiger partial charge is 0.304 e. The number of hydrogen-bond acceptors (Lipinski definition) is 3. The highest BCUT2D eigenvalue weighted by atomic mass is 32.1. The smallest absolute Gasteiger partial charge is 0.161 e. The maximum atomic E-state index is 13.8. The molecular formula is C13H13F3N2S. The number of nitrogens with zero attached hydrogens (tertiary/aromatic N) is 1. The van der Waals surface area contributed by atoms with Crippen LogP contribution in [0.1, 0.15) is 29.2 Å². The molecule has 1 unspecified atom stereocenters. The quantitative estimate of drug-likeness (QED) is 0.869. The lowest BCUT2D eigenvalue weighted by molar-refractivity contribution is 0.481. The zero-order valence-corrected chi connectivity index (χ0v) is 11.3. The number of thiazole rings is 1. The van der Waals surface area contributed by atoms with Gasteiger partial charge in [-0.05, 0) is 19.5 Å². The molecule has 2 aromatic rings. The Labute approximate surface area is 113 Å². The average Bonchev–Trinajstić information content (AvgIpc) is 2.78. The van der Waals surface area contributed by atoms with Gasteiger partial charge in [-0.3, -0.25) is 0 Å². The summed E-state index contributed by atoms with van der Waals surface area (Å²) in [7, 11) is 0. The lowest BCUT2D eigenvalue weighted by atomic mass is 10.1. The highest BCUT2D eigenvalue weighted by molar-refractivity contribution is 7.09. The van der Waals surface area contributed by atoms with Crippen LogP contribution in [-0.2, 0) is 0 Å². The van der Waals surface area contributed by atoms with E-state index in [-0.39, 0.29) is 5.56 Å². The zero-order chi connectivity index (χ0) is 14.0. The van der Waals surface area contributed by atoms with Crippen molar-refractivity contribution in [3.63, 3.8) is 0 Å². The summed E-state index contributed by atoms with van der Waals surface area (Å²) in [4.78, 5) is 4.27. The van der Waals surface area contributed by atoms with Crippen molar-refractivity contribution < 1.29 is 13.2 Å². The van der Waals surface area contributed by atoms with Gasteiger partial charge >= 0.3 is 0 Å². The second kappa shape index (κ2) is 5.71. The highest BCUT2D eigenvalue weighted by Crippen LogP contribution is 2.28. The molecule has 2 nitrogen and oxygen atoms in total. The van der Waals surface area contributed by atoms with E-state index in [1.807, 2.05) is 19.2 Å². The number of aromatic nitrogens is 1. The molecule has 102 valence electrons. The normalized spacial score (nSPS) is 12.7. The van der Waals surface area contributed by atoms with Gasteiger partial charge in [0.05, 0.1) is 6.04 Å². The molecule has 1 aromatic carbocycles. The third-order valence-corrected chi connectivity index (χ3v) is 3.67. The zero-order valence-electron chi connectivity index (χ0n) is 10.5. The predicted molar refractivity (Wildman–Crippen MR) is 68.7 cm³/mol. The van der Waals surface area contributed by atoms with Crippen LogP contribution in [0.5, 0.6) is 0 Å². The van der Waals surface area contributed by atoms with Crippen LogP contribution in [0.15, 0.2) is 17.5 Å². The Kier molecular flexibility index (Phi) is 4.21. The van der Waals surface area contributed by atoms with Crippen LogP contribution in [0.25, 0.3) is 0 Å². The Hall–Kier alpha value is -1.40. The molecule has 0 amide bonds. The van der Waals surface area contributed by atoms with Crippen LogP contribution in [-0.4, -0.2) is 11.5 Å². The molecule has 1 aromatic heterocycles. The second-order valence-corrected chi connectivity index (χ2v) is 5.00. The van der Waals surface area contributed by atoms with Crippen molar-refractivity contribution in [2.24, 2.45) is 0 Å². The van der Waals surface area contributed by atoms with Crippen LogP contribution in [0.3, 0.4) is 0 Å². The fraction of sp³-hybridized carbons (Fsp3) is 0.308. The minimum atomic E-state index is -1.19. The number of halogens is 3. The average molecular weight is 286 g/mol. The van der Waals surface area contributed by atoms with E-state index in [0.29, 0.717) is 17.6 Å². The third-order valence-electron chi connectivity index (χ3n) is 2.64. The Morgan fingerprint density at radius 2 is 1.89 bits per heavy atom. The van der Waals surface area contributed by atoms with Crippen LogP contribution in [0, 0.1) is 24.4 Å². The molecule has 6 heteroatoms. The van der Waals surface area contributed by atoms with E-state index in [1.165, 1.54) is 11.3 Å². The van der Waals surface area contributed by atoms with Crippen molar-refractivity contribution in [1.82, 2.24) is 10.3 Å². The van der Waals surface area contributed by atoms with Gasteiger partial charge in [-0.25, -0.2) is 18.2 Å². The lowest BCUT2D eigenvalue weighted by Crippen LogP contribution is -2.23. The third kappa shape index (κ3) is 2.96. The van der Waals surface area contributed by atoms with Gasteiger partial charge in [-0.1, -0.05) is 6.92 Å². The van der Waals surface area contributed by atoms with Gasteiger partial charge in [0.25, 0.3) is 0 Å². The van der Waals surface area contributed by atoms with E-state index in [1.54, 1.807) is 0 Å². The van der Waals surface area contributed by atoms with Crippen molar-refractivity contribution in [3.8, 4) is 0 Å². The SMILES string of the molecule is CCNC(c1nc(C)cs1)c1cc(F)c(F)cc1F. The van der Waals surface area contributed by atoms with E-state index in [0.717, 1.165) is 11.8 Å². The first kappa shape index (κ1) is 14.0. The molecule has 0 aliphatic carbocycles. The van der Waals surface area contributed by atoms with Crippen molar-refractivity contribution in [3.05, 3.63) is 51.2 Å². The minimum absolute atomic E-state index is 0.0649. The number of rotatable bonds is 4. The predicted octanol–water partition coefficient (Wildman–Crippen LogP) is 3.57. The summed E-state index contributed by atoms with van der Waals surface area (Å²) in [5.74, 6) is -3.03. The van der Waals surface area contributed by atoms with Gasteiger partial charge in [0.15, 0.2) is 11.6 Å². The molecule has 0 bridgehead atoms. The molecule has 0 spiro atoms. The number of hydrogen-bond donors (Lipinski definition) is 1. The fourth-order valence-electron chi connectivity index (χ4n) is 1.80. The summed E-state index contributed by atoms with van der Waals surface area (Å²) in [6, 6.07) is 0.878. The standard InChI is InChI=1S/C13H13F3N2S/c1-3-17-12(13-18-7(2)6-19-13)8-4-10(15)11(16)5-9(8)14/h4-6,12,17H,3H2,1-2H3. The summed E-state index contributed by atoms with van der Waals surface area (Å²) in [5.41, 5.74) is 0.876. The fourth-order valence-corrected chi connectivity index (χ4v) is 2.69. The molecule has 0 aliphatic heterocycles. The van der Waals surface area contributed by atoms with E-state index in [9.17, 15) is 13.2 Å². The Balaban J connectivity index is 2.47. The van der Waals surface area contributed by atoms with Gasteiger partial charge < -0.3 is 5.32 Å². The van der Waals surface area contributed by atoms with E-state index < -0.39 is 23.5 Å². The first-order chi connectivity index (χ1) is 9.02. The monoisotopic (exact) mass is 286 g/mol. The molecule has 1 heterocycles. The Bertz CT molecular complexity index is 583. The second-order valence-electron chi connectivity index (χ2n) is 4.11. The van der Waals surface area contributed by atoms with Crippen molar-refractivity contribution in [2.45, 2.75) is 19.9 Å². The van der Waals surface area contributed by atoms with Gasteiger partial charge in [0, 0.05) is 22.7 Å². The topological polar surface area (TPSA) is 24.9 Å². The molecule has 1 atom stereocenters. The maximum Gasteiger partial charge on any atom is 0.161 e. The molecule has 0 saturated heterocycles. The molecule has 2 rings (SSSR count). The van der Waals surface area contributed by atoms with Crippen molar-refractivity contribution in [1.29, 1.82) is 0 Å². The number of aryl methyl sites for hydroxylation is 1. The summed E-state index contributed by atoms with van der Waals surface area (Å²) in [6.07, 6.45) is 0. The summed E-state index contributed by atoms with van der Waals surface area (Å²) in [5, 5.41) is 5.49. The lowest BCUT2D eigenvalue weighted by Gasteiger charge is -2.16. The molecule has 0 fully saturated rings. The molecule has 1 N–H and O–H groups in total. The van der Waals surface area contributed by atoms with Crippen LogP contribution in [0.2, 0.25) is 0 Å². The van der Waals surface area contributed by atoms with E-state index in [2.05, 4.69) is 10.3 Å². The highest BCUT2D eigenvalue weighted by Gasteiger charge is 2.22. The maximum absolute atomic E-state index is 13.8. The summed E-state index contributed by atoms with van der Waals surface area (Å²) in [6.45, 7) is 4.23. The van der Waals surface area contributed by atoms with E-state index in [4.69, 9.17) is 0 Å². The van der Waals surface area contributed by atoms with Gasteiger partial charge in [-0.15, -0.1) is 11.3 Å². The van der Waals surface area contributed by atoms with Gasteiger partial charge in [0.2, 0.25) is 0 Å². The first-order valence-corrected chi connectivity index (χ1v) is 6.70. The molecule has 19 heavy (non-hydrogen) atoms.